The number of nitrogens with one attached hydrogen (secondary N) is 3. The van der Waals surface area contributed by atoms with Gasteiger partial charge < -0.3 is 215 Å². The van der Waals surface area contributed by atoms with E-state index in [9.17, 15) is 147 Å². The molecule has 0 saturated carbocycles. The van der Waals surface area contributed by atoms with Crippen molar-refractivity contribution in [3.8, 4) is 0 Å². The Morgan fingerprint density at radius 3 is 1.21 bits per heavy atom. The minimum absolute atomic E-state index is 0.820. The molecule has 602 valence electrons. The molecule has 0 aliphatic carbocycles. The molecule has 0 bridgehead atoms. The molecule has 8 saturated heterocycles. The number of carbonyl (C=O) groups excluding carboxylic acids is 3. The number of carbonyl (C=O) groups is 4. The smallest absolute Gasteiger partial charge is 0.364 e. The number of hydrogen-bond donors (Lipinski definition) is 28. The summed E-state index contributed by atoms with van der Waals surface area (Å²) in [6.45, 7) is -5.79. The fourth-order valence-electron chi connectivity index (χ4n) is 13.1. The second kappa shape index (κ2) is 36.9. The summed E-state index contributed by atoms with van der Waals surface area (Å²) in [5, 5.41) is 279. The Bertz CT molecular complexity index is 2740. The van der Waals surface area contributed by atoms with Gasteiger partial charge in [0.15, 0.2) is 44.0 Å². The Morgan fingerprint density at radius 1 is 0.394 bits per heavy atom. The first-order chi connectivity index (χ1) is 49.0. The van der Waals surface area contributed by atoms with E-state index in [1.54, 1.807) is 0 Å². The first-order valence-electron chi connectivity index (χ1n) is 32.8. The highest BCUT2D eigenvalue weighted by Crippen LogP contribution is 2.40. The van der Waals surface area contributed by atoms with Gasteiger partial charge in [-0.05, 0) is 0 Å². The van der Waals surface area contributed by atoms with Gasteiger partial charge in [0.25, 0.3) is 5.79 Å². The topological polar surface area (TPSA) is 749 Å². The lowest BCUT2D eigenvalue weighted by molar-refractivity contribution is -0.391. The monoisotopic (exact) mass is 1530 g/mol. The number of aliphatic hydroxyl groups is 24. The van der Waals surface area contributed by atoms with E-state index in [1.165, 1.54) is 0 Å². The maximum atomic E-state index is 12.9. The van der Waals surface area contributed by atoms with Gasteiger partial charge in [-0.1, -0.05) is 0 Å². The maximum Gasteiger partial charge on any atom is 0.364 e. The average Bonchev–Trinajstić information content (AvgIpc) is 0.774. The SMILES string of the molecule is CC(=O)N[C@H]1[C@H](O[C@@H]2[C@@H](OC[C@H]3OC(O)[C@@H](O)[C@@H](O[C@H]4O[C@H](CO)[C@@H](O)[C@H](O)[C@@H]4O[C@@H]4O[C@H](CO)[C@@H](O[C@@H]5O[C@H](CO[C@]6(C(=O)O)C[C@H](O)[C@@H](NC(C)=O)[C@H]([C@H](O)[C@H](O)CO)O6)[C@H](O)[C@H](O)[C@H]5O)[C@H](O)[C@H]4NC(C)=O)[C@@H]3O)O[C@H](CO)[C@@H](O)[C@@H]2O)O[C@H](CO)[C@@H](O[C@@H]2O[C@H](CO)[C@H](O)[C@H](O)[C@H]2O)[C@@H]1O. The van der Waals surface area contributed by atoms with Crippen molar-refractivity contribution in [2.45, 2.75) is 278 Å². The van der Waals surface area contributed by atoms with E-state index in [0.29, 0.717) is 0 Å². The number of carboxylic acid groups (broad SMARTS) is 1. The molecule has 8 aliphatic rings. The third kappa shape index (κ3) is 18.7. The molecular formula is C57H95N3O44. The molecule has 41 atom stereocenters. The summed E-state index contributed by atoms with van der Waals surface area (Å²) in [7, 11) is 0. The van der Waals surface area contributed by atoms with Gasteiger partial charge >= 0.3 is 5.97 Å². The molecule has 0 aromatic rings. The zero-order valence-electron chi connectivity index (χ0n) is 55.4. The molecule has 28 N–H and O–H groups in total. The molecule has 8 aliphatic heterocycles. The van der Waals surface area contributed by atoms with Gasteiger partial charge in [-0.15, -0.1) is 0 Å². The van der Waals surface area contributed by atoms with E-state index in [-0.39, 0.29) is 0 Å². The summed E-state index contributed by atoms with van der Waals surface area (Å²) < 4.78 is 86.4. The minimum atomic E-state index is -3.04. The highest BCUT2D eigenvalue weighted by molar-refractivity contribution is 5.77. The molecule has 0 aromatic carbocycles. The Balaban J connectivity index is 0.982. The molecule has 1 unspecified atom stereocenters. The number of hydrogen-bond acceptors (Lipinski definition) is 43. The first kappa shape index (κ1) is 85.9. The van der Waals surface area contributed by atoms with Crippen LogP contribution >= 0.6 is 0 Å². The molecule has 47 nitrogen and oxygen atoms in total. The fourth-order valence-corrected chi connectivity index (χ4v) is 13.1. The van der Waals surface area contributed by atoms with Crippen LogP contribution in [0.3, 0.4) is 0 Å². The lowest BCUT2D eigenvalue weighted by atomic mass is 9.88. The van der Waals surface area contributed by atoms with Crippen LogP contribution in [0.2, 0.25) is 0 Å². The van der Waals surface area contributed by atoms with Crippen molar-refractivity contribution in [3.63, 3.8) is 0 Å². The molecule has 8 heterocycles. The van der Waals surface area contributed by atoms with Crippen molar-refractivity contribution >= 4 is 23.7 Å². The molecule has 47 heteroatoms. The zero-order valence-corrected chi connectivity index (χ0v) is 55.4. The van der Waals surface area contributed by atoms with E-state index < -0.39 is 334 Å². The number of carboxylic acids is 1. The number of amides is 3. The number of ether oxygens (including phenoxy) is 15. The van der Waals surface area contributed by atoms with Gasteiger partial charge in [0.2, 0.25) is 17.7 Å². The summed E-state index contributed by atoms with van der Waals surface area (Å²) in [6, 6.07) is -5.43. The second-order valence-electron chi connectivity index (χ2n) is 26.1. The summed E-state index contributed by atoms with van der Waals surface area (Å²) in [5.41, 5.74) is 0. The maximum absolute atomic E-state index is 12.9. The third-order valence-corrected chi connectivity index (χ3v) is 18.8. The Hall–Kier alpha value is -3.68. The molecular weight excluding hydrogens is 1430 g/mol. The predicted molar refractivity (Wildman–Crippen MR) is 316 cm³/mol. The summed E-state index contributed by atoms with van der Waals surface area (Å²) >= 11 is 0. The van der Waals surface area contributed by atoms with Crippen molar-refractivity contribution in [2.75, 3.05) is 52.9 Å². The van der Waals surface area contributed by atoms with E-state index in [1.807, 2.05) is 0 Å². The molecule has 0 aromatic heterocycles. The van der Waals surface area contributed by atoms with Crippen molar-refractivity contribution in [2.24, 2.45) is 0 Å². The van der Waals surface area contributed by atoms with Crippen LogP contribution in [0.4, 0.5) is 0 Å². The fraction of sp³-hybridized carbons (Fsp3) is 0.930. The first-order valence-corrected chi connectivity index (χ1v) is 32.8. The van der Waals surface area contributed by atoms with Gasteiger partial charge in [0, 0.05) is 27.2 Å². The van der Waals surface area contributed by atoms with E-state index in [4.69, 9.17) is 71.1 Å². The third-order valence-electron chi connectivity index (χ3n) is 18.8. The van der Waals surface area contributed by atoms with Crippen LogP contribution in [0.1, 0.15) is 27.2 Å². The van der Waals surface area contributed by atoms with E-state index >= 15 is 0 Å². The minimum Gasteiger partial charge on any atom is -0.477 e. The van der Waals surface area contributed by atoms with Crippen LogP contribution in [-0.2, 0) is 90.2 Å². The van der Waals surface area contributed by atoms with Crippen LogP contribution < -0.4 is 16.0 Å². The molecule has 0 radical (unpaired) electrons. The Labute approximate surface area is 587 Å². The highest BCUT2D eigenvalue weighted by atomic mass is 16.8. The normalized spacial score (nSPS) is 48.0. The molecule has 0 spiro atoms. The van der Waals surface area contributed by atoms with Crippen molar-refractivity contribution in [1.82, 2.24) is 16.0 Å². The standard InChI is InChI=1S/C57H95N3O44/c1-13(67)58-25-16(70)4-57(56(88)89,104-45(25)28(72)17(71)5-61)91-12-24-32(76)37(81)41(85)53(98-24)100-44-22(10-66)97-51(27(35(44)79)60-15(3)69)103-48-39(83)31(75)20(8-64)95-55(48)101-46-33(77)23(92-49(87)42(46)86)11-90-54-47(38(82)30(74)19(7-63)94-54)102-50-26(59-14(2)68)34(78)43(21(9-65)96-50)99-52-40(84)36(80)29(73)18(6-62)93-52/h16-55,61-66,70-87H,4-12H2,1-3H3,(H,58,67)(H,59,68)(H,60,69)(H,88,89)/t16-,17+,18+,19+,20+,21+,22+,23+,24+,25+,26+,27+,28+,29-,30+,31+,32-,33+,34+,35+,36-,37-,38-,39-,40+,41+,42-,43+,44+,45+,46-,47-,48-,49?,50-,51-,52-,53-,54-,55+,57+/m0/s1. The number of rotatable bonds is 28. The average molecular weight is 1530 g/mol. The lowest BCUT2D eigenvalue weighted by Gasteiger charge is -2.50. The highest BCUT2D eigenvalue weighted by Gasteiger charge is 2.61. The van der Waals surface area contributed by atoms with Crippen LogP contribution in [-0.4, -0.2) is 455 Å². The lowest BCUT2D eigenvalue weighted by Crippen LogP contribution is -2.70. The molecule has 3 amide bonds. The Kier molecular flexibility index (Phi) is 30.5. The summed E-state index contributed by atoms with van der Waals surface area (Å²) in [5.74, 6) is -7.74. The second-order valence-corrected chi connectivity index (χ2v) is 26.1. The number of aliphatic carboxylic acids is 1. The Morgan fingerprint density at radius 2 is 0.769 bits per heavy atom. The van der Waals surface area contributed by atoms with E-state index in [0.717, 1.165) is 20.8 Å². The van der Waals surface area contributed by atoms with Gasteiger partial charge in [-0.3, -0.25) is 14.4 Å². The molecule has 104 heavy (non-hydrogen) atoms. The molecule has 8 fully saturated rings. The van der Waals surface area contributed by atoms with Gasteiger partial charge in [-0.2, -0.15) is 0 Å². The van der Waals surface area contributed by atoms with Crippen LogP contribution in [0, 0.1) is 0 Å². The quantitative estimate of drug-likeness (QED) is 0.0346. The van der Waals surface area contributed by atoms with Gasteiger partial charge in [0.05, 0.1) is 65.0 Å². The zero-order chi connectivity index (χ0) is 77.0. The predicted octanol–water partition coefficient (Wildman–Crippen LogP) is -18.8. The van der Waals surface area contributed by atoms with Crippen LogP contribution in [0.15, 0.2) is 0 Å². The van der Waals surface area contributed by atoms with Crippen molar-refractivity contribution < 1.29 is 218 Å². The van der Waals surface area contributed by atoms with E-state index in [2.05, 4.69) is 16.0 Å². The summed E-state index contributed by atoms with van der Waals surface area (Å²) in [4.78, 5) is 50.4. The largest absolute Gasteiger partial charge is 0.477 e. The number of aliphatic hydroxyl groups excluding tert-OH is 24. The van der Waals surface area contributed by atoms with Crippen LogP contribution in [0.25, 0.3) is 0 Å². The van der Waals surface area contributed by atoms with Crippen molar-refractivity contribution in [3.05, 3.63) is 0 Å². The van der Waals surface area contributed by atoms with Crippen LogP contribution in [0.5, 0.6) is 0 Å². The summed E-state index contributed by atoms with van der Waals surface area (Å²) in [6.07, 6.45) is -77.8. The van der Waals surface area contributed by atoms with Crippen molar-refractivity contribution in [1.29, 1.82) is 0 Å². The van der Waals surface area contributed by atoms with Gasteiger partial charge in [-0.25, -0.2) is 4.79 Å². The molecule has 8 rings (SSSR count). The van der Waals surface area contributed by atoms with Gasteiger partial charge in [0.1, 0.15) is 189 Å².